The van der Waals surface area contributed by atoms with Crippen molar-refractivity contribution in [3.63, 3.8) is 0 Å². The van der Waals surface area contributed by atoms with E-state index in [1.54, 1.807) is 39.0 Å². The maximum atomic E-state index is 14.0. The lowest BCUT2D eigenvalue weighted by molar-refractivity contribution is -0.122. The van der Waals surface area contributed by atoms with E-state index in [-0.39, 0.29) is 64.8 Å². The lowest BCUT2D eigenvalue weighted by Gasteiger charge is -2.30. The van der Waals surface area contributed by atoms with Gasteiger partial charge in [-0.05, 0) is 76.7 Å². The largest absolute Gasteiger partial charge is 0.439 e. The summed E-state index contributed by atoms with van der Waals surface area (Å²) in [6.45, 7) is 9.92. The van der Waals surface area contributed by atoms with Gasteiger partial charge in [0.15, 0.2) is 6.10 Å². The average molecular weight is 1040 g/mol. The van der Waals surface area contributed by atoms with Crippen molar-refractivity contribution < 1.29 is 62.4 Å². The standard InChI is InChI=1S/C52H81N7O13S/c1-32-27-36-45(39(60)30-37(48(36)64)57-50(65)33(2)15-12-16-40(68-5)49(72-51(53)66)35(4)29-34(3)47(63)41(28-32)69-6)56-22-14-24-71-26-25-70-23-13-21-55-43(61)18-8-7-11-20-54-44(62)19-10-9-17-42-46-38(31-73-42)58-52(67)59-46/h12,15-16,29-30,32,34,38,40-42,46-47,49,56,63H,7-11,13-14,17-28,31H2,1-6H3,(H2,53,66)(H,54,62)(H,55,61)(H,57,65)(H2,58,59,67)/b16-12-,33-15+,35-29+/t32-,34+,38+,40+,41+,42+,46+,47-,49+/m0/s1. The smallest absolute Gasteiger partial charge is 0.405 e. The first-order chi connectivity index (χ1) is 35.0. The minimum Gasteiger partial charge on any atom is -0.439 e. The fourth-order valence-corrected chi connectivity index (χ4v) is 10.7. The predicted molar refractivity (Wildman–Crippen MR) is 277 cm³/mol. The van der Waals surface area contributed by atoms with Gasteiger partial charge in [0.25, 0.3) is 5.91 Å². The Morgan fingerprint density at radius 1 is 0.849 bits per heavy atom. The Hall–Kier alpha value is -5.06. The third-order valence-corrected chi connectivity index (χ3v) is 14.7. The Morgan fingerprint density at radius 2 is 1.52 bits per heavy atom. The number of aliphatic hydroxyl groups excluding tert-OH is 1. The maximum Gasteiger partial charge on any atom is 0.405 e. The summed E-state index contributed by atoms with van der Waals surface area (Å²) in [6, 6.07) is 0.335. The van der Waals surface area contributed by atoms with Gasteiger partial charge < -0.3 is 66.4 Å². The van der Waals surface area contributed by atoms with E-state index < -0.39 is 53.9 Å². The molecule has 408 valence electrons. The van der Waals surface area contributed by atoms with Crippen LogP contribution in [0.3, 0.4) is 0 Å². The van der Waals surface area contributed by atoms with Gasteiger partial charge in [-0.2, -0.15) is 11.8 Å². The number of hydrogen-bond acceptors (Lipinski definition) is 15. The van der Waals surface area contributed by atoms with E-state index >= 15 is 0 Å². The van der Waals surface area contributed by atoms with Crippen LogP contribution in [-0.2, 0) is 47.7 Å². The van der Waals surface area contributed by atoms with Gasteiger partial charge >= 0.3 is 12.1 Å². The number of fused-ring (bicyclic) bond motifs is 3. The van der Waals surface area contributed by atoms with E-state index in [2.05, 4.69) is 31.9 Å². The zero-order valence-corrected chi connectivity index (χ0v) is 44.4. The highest BCUT2D eigenvalue weighted by Gasteiger charge is 2.42. The number of ketones is 2. The van der Waals surface area contributed by atoms with Crippen molar-refractivity contribution in [3.8, 4) is 0 Å². The first kappa shape index (κ1) is 60.5. The molecule has 4 aliphatic rings. The minimum atomic E-state index is -1.02. The van der Waals surface area contributed by atoms with E-state index in [0.29, 0.717) is 89.0 Å². The van der Waals surface area contributed by atoms with Gasteiger partial charge in [0.2, 0.25) is 23.4 Å². The molecular formula is C52H81N7O13S. The molecule has 73 heavy (non-hydrogen) atoms. The lowest BCUT2D eigenvalue weighted by atomic mass is 9.85. The number of methoxy groups -OCH3 is 2. The molecule has 0 unspecified atom stereocenters. The van der Waals surface area contributed by atoms with Gasteiger partial charge in [-0.1, -0.05) is 51.0 Å². The van der Waals surface area contributed by atoms with E-state index in [1.165, 1.54) is 20.3 Å². The Kier molecular flexibility index (Phi) is 26.8. The Morgan fingerprint density at radius 3 is 2.19 bits per heavy atom. The van der Waals surface area contributed by atoms with Crippen LogP contribution in [0.4, 0.5) is 9.59 Å². The van der Waals surface area contributed by atoms with Gasteiger partial charge in [-0.15, -0.1) is 0 Å². The summed E-state index contributed by atoms with van der Waals surface area (Å²) in [5, 5.41) is 29.5. The molecular weight excluding hydrogens is 963 g/mol. The normalized spacial score (nSPS) is 27.8. The number of unbranched alkanes of at least 4 members (excludes halogenated alkanes) is 3. The highest BCUT2D eigenvalue weighted by atomic mass is 32.2. The van der Waals surface area contributed by atoms with E-state index in [1.807, 2.05) is 18.7 Å². The summed E-state index contributed by atoms with van der Waals surface area (Å²) in [5.41, 5.74) is 6.37. The molecule has 0 spiro atoms. The molecule has 20 nitrogen and oxygen atoms in total. The van der Waals surface area contributed by atoms with Crippen molar-refractivity contribution in [3.05, 3.63) is 58.5 Å². The van der Waals surface area contributed by atoms with Crippen molar-refractivity contribution in [1.82, 2.24) is 31.9 Å². The fourth-order valence-electron chi connectivity index (χ4n) is 9.16. The third kappa shape index (κ3) is 20.6. The molecule has 3 heterocycles. The van der Waals surface area contributed by atoms with Gasteiger partial charge in [0, 0.05) is 94.1 Å². The highest BCUT2D eigenvalue weighted by Crippen LogP contribution is 2.33. The summed E-state index contributed by atoms with van der Waals surface area (Å²) in [4.78, 5) is 88.9. The van der Waals surface area contributed by atoms with Crippen molar-refractivity contribution in [1.29, 1.82) is 0 Å². The number of primary amides is 1. The number of thioether (sulfide) groups is 1. The molecule has 0 aromatic rings. The van der Waals surface area contributed by atoms with Crippen molar-refractivity contribution in [2.45, 2.75) is 146 Å². The van der Waals surface area contributed by atoms with E-state index in [0.717, 1.165) is 50.4 Å². The zero-order chi connectivity index (χ0) is 53.3. The van der Waals surface area contributed by atoms with Crippen molar-refractivity contribution >= 4 is 53.2 Å². The SMILES string of the molecule is CO[C@@H]1/C=C\C=C(/C)C(=O)NC2=CC(=O)C(NCCCOCCOCCCNC(=O)CCCCCNC(=O)CCCC[C@H]3SC[C@H]4NC(=O)N[C@H]43)=C(C[C@H](C)C[C@@H](OC)[C@@H](O)[C@H](C)/C=C(\C)[C@H]1OC(N)=O)C2=O. The number of nitrogens with one attached hydrogen (secondary N) is 6. The number of ether oxygens (including phenoxy) is 5. The molecule has 0 aromatic heterocycles. The number of rotatable bonds is 26. The third-order valence-electron chi connectivity index (χ3n) is 13.2. The number of nitrogens with two attached hydrogens (primary N) is 1. The predicted octanol–water partition coefficient (Wildman–Crippen LogP) is 3.68. The van der Waals surface area contributed by atoms with Crippen LogP contribution in [-0.4, -0.2) is 154 Å². The summed E-state index contributed by atoms with van der Waals surface area (Å²) >= 11 is 1.89. The number of aliphatic hydroxyl groups is 1. The first-order valence-electron chi connectivity index (χ1n) is 25.7. The Bertz CT molecular complexity index is 2040. The van der Waals surface area contributed by atoms with Gasteiger partial charge in [-0.3, -0.25) is 24.0 Å². The van der Waals surface area contributed by atoms with Crippen LogP contribution < -0.4 is 37.6 Å². The second kappa shape index (κ2) is 32.3. The van der Waals surface area contributed by atoms with E-state index in [4.69, 9.17) is 29.4 Å². The molecule has 2 bridgehead atoms. The molecule has 2 saturated heterocycles. The Labute approximate surface area is 434 Å². The molecule has 2 fully saturated rings. The van der Waals surface area contributed by atoms with Gasteiger partial charge in [0.05, 0.1) is 48.9 Å². The summed E-state index contributed by atoms with van der Waals surface area (Å²) < 4.78 is 28.2. The summed E-state index contributed by atoms with van der Waals surface area (Å²) in [7, 11) is 2.91. The highest BCUT2D eigenvalue weighted by molar-refractivity contribution is 8.00. The number of amides is 6. The molecule has 9 N–H and O–H groups in total. The molecule has 3 aliphatic heterocycles. The van der Waals surface area contributed by atoms with Crippen LogP contribution in [0.5, 0.6) is 0 Å². The monoisotopic (exact) mass is 1040 g/mol. The molecule has 0 aromatic carbocycles. The van der Waals surface area contributed by atoms with Crippen molar-refractivity contribution in [2.75, 3.05) is 66.0 Å². The molecule has 0 saturated carbocycles. The second-order valence-electron chi connectivity index (χ2n) is 19.2. The number of carbonyl (C=O) groups is 7. The number of hydrogen-bond donors (Lipinski definition) is 8. The maximum absolute atomic E-state index is 14.0. The van der Waals surface area contributed by atoms with Crippen LogP contribution in [0.15, 0.2) is 58.5 Å². The van der Waals surface area contributed by atoms with Crippen LogP contribution in [0, 0.1) is 11.8 Å². The minimum absolute atomic E-state index is 0.0111. The second-order valence-corrected chi connectivity index (χ2v) is 20.4. The molecule has 6 amide bonds. The number of allylic oxidation sites excluding steroid dienone is 4. The van der Waals surface area contributed by atoms with Crippen LogP contribution in [0.25, 0.3) is 0 Å². The van der Waals surface area contributed by atoms with E-state index in [9.17, 15) is 38.7 Å². The molecule has 4 rings (SSSR count). The molecule has 9 atom stereocenters. The molecule has 21 heteroatoms. The number of carbonyl (C=O) groups excluding carboxylic acids is 7. The van der Waals surface area contributed by atoms with Crippen molar-refractivity contribution in [2.24, 2.45) is 17.6 Å². The molecule has 1 aliphatic carbocycles. The van der Waals surface area contributed by atoms with Crippen LogP contribution in [0.1, 0.15) is 105 Å². The Balaban J connectivity index is 1.12. The lowest BCUT2D eigenvalue weighted by Crippen LogP contribution is -2.38. The summed E-state index contributed by atoms with van der Waals surface area (Å²) in [5.74, 6) is -1.35. The van der Waals surface area contributed by atoms with Crippen LogP contribution >= 0.6 is 11.8 Å². The topological polar surface area (TPSA) is 284 Å². The first-order valence-corrected chi connectivity index (χ1v) is 26.8. The summed E-state index contributed by atoms with van der Waals surface area (Å²) in [6.07, 6.45) is 10.8. The zero-order valence-electron chi connectivity index (χ0n) is 43.6. The van der Waals surface area contributed by atoms with Gasteiger partial charge in [0.1, 0.15) is 6.10 Å². The molecule has 0 radical (unpaired) electrons. The fraction of sp³-hybridized carbons (Fsp3) is 0.673. The number of urea groups is 1. The number of Topliss-reactive ketones (excluding diaryl/α,β-unsaturated/α-hetero) is 1. The van der Waals surface area contributed by atoms with Gasteiger partial charge in [-0.25, -0.2) is 9.59 Å². The average Bonchev–Trinajstić information content (AvgIpc) is 3.91. The van der Waals surface area contributed by atoms with Crippen LogP contribution in [0.2, 0.25) is 0 Å². The quantitative estimate of drug-likeness (QED) is 0.0266.